The summed E-state index contributed by atoms with van der Waals surface area (Å²) in [5.41, 5.74) is 3.46. The van der Waals surface area contributed by atoms with Crippen LogP contribution >= 0.6 is 22.9 Å². The van der Waals surface area contributed by atoms with Crippen LogP contribution < -0.4 is 9.64 Å². The minimum atomic E-state index is -0.0185. The summed E-state index contributed by atoms with van der Waals surface area (Å²) in [5.74, 6) is 0.748. The lowest BCUT2D eigenvalue weighted by Crippen LogP contribution is -2.35. The first-order chi connectivity index (χ1) is 12.1. The molecule has 0 N–H and O–H groups in total. The highest BCUT2D eigenvalue weighted by Crippen LogP contribution is 2.39. The van der Waals surface area contributed by atoms with Gasteiger partial charge in [-0.25, -0.2) is 0 Å². The van der Waals surface area contributed by atoms with Crippen LogP contribution in [0.4, 0.5) is 5.69 Å². The van der Waals surface area contributed by atoms with Gasteiger partial charge in [0.05, 0.1) is 12.1 Å². The fourth-order valence-corrected chi connectivity index (χ4v) is 4.86. The lowest BCUT2D eigenvalue weighted by atomic mass is 9.99. The minimum absolute atomic E-state index is 0.0185. The molecule has 0 aliphatic carbocycles. The van der Waals surface area contributed by atoms with Gasteiger partial charge in [-0.2, -0.15) is 0 Å². The Morgan fingerprint density at radius 1 is 1.24 bits per heavy atom. The average molecular weight is 372 g/mol. The fraction of sp³-hybridized carbons (Fsp3) is 0.250. The first kappa shape index (κ1) is 16.4. The first-order valence-corrected chi connectivity index (χ1v) is 9.45. The van der Waals surface area contributed by atoms with E-state index in [1.54, 1.807) is 7.11 Å². The summed E-state index contributed by atoms with van der Waals surface area (Å²) in [6.07, 6.45) is 1.98. The molecule has 0 atom stereocenters. The number of thiophene rings is 1. The molecule has 1 aromatic heterocycles. The molecule has 0 fully saturated rings. The number of hydrogen-bond acceptors (Lipinski definition) is 3. The van der Waals surface area contributed by atoms with E-state index in [1.165, 1.54) is 22.5 Å². The van der Waals surface area contributed by atoms with Gasteiger partial charge in [-0.05, 0) is 49.6 Å². The number of nitrogens with zero attached hydrogens (tertiary/aromatic N) is 1. The van der Waals surface area contributed by atoms with Crippen molar-refractivity contribution in [2.45, 2.75) is 19.8 Å². The zero-order valence-corrected chi connectivity index (χ0v) is 15.7. The zero-order valence-electron chi connectivity index (χ0n) is 14.1. The quantitative estimate of drug-likeness (QED) is 0.598. The molecule has 3 aromatic rings. The Bertz CT molecular complexity index is 979. The third kappa shape index (κ3) is 2.79. The highest BCUT2D eigenvalue weighted by Gasteiger charge is 2.27. The molecular formula is C20H18ClNO2S. The van der Waals surface area contributed by atoms with Gasteiger partial charge in [0.25, 0.3) is 5.91 Å². The summed E-state index contributed by atoms with van der Waals surface area (Å²) in [7, 11) is 1.63. The predicted octanol–water partition coefficient (Wildman–Crippen LogP) is 5.46. The first-order valence-electron chi connectivity index (χ1n) is 8.26. The molecule has 2 aromatic carbocycles. The number of rotatable bonds is 2. The van der Waals surface area contributed by atoms with Crippen LogP contribution in [0.1, 0.15) is 27.2 Å². The highest BCUT2D eigenvalue weighted by atomic mass is 35.5. The SMILES string of the molecule is COc1ccc2c(Cl)c(C(=O)N3CCCc4cc(C)ccc43)sc2c1. The highest BCUT2D eigenvalue weighted by molar-refractivity contribution is 7.21. The van der Waals surface area contributed by atoms with E-state index in [0.717, 1.165) is 40.9 Å². The van der Waals surface area contributed by atoms with Crippen LogP contribution in [0, 0.1) is 6.92 Å². The molecule has 2 heterocycles. The number of anilines is 1. The number of halogens is 1. The normalized spacial score (nSPS) is 13.8. The van der Waals surface area contributed by atoms with Crippen molar-refractivity contribution in [3.63, 3.8) is 0 Å². The molecular weight excluding hydrogens is 354 g/mol. The van der Waals surface area contributed by atoms with Gasteiger partial charge in [-0.1, -0.05) is 29.3 Å². The second kappa shape index (κ2) is 6.36. The van der Waals surface area contributed by atoms with Gasteiger partial charge in [0.1, 0.15) is 10.6 Å². The van der Waals surface area contributed by atoms with Gasteiger partial charge < -0.3 is 9.64 Å². The van der Waals surface area contributed by atoms with E-state index in [-0.39, 0.29) is 5.91 Å². The average Bonchev–Trinajstić information content (AvgIpc) is 2.96. The smallest absolute Gasteiger partial charge is 0.269 e. The molecule has 5 heteroatoms. The number of amides is 1. The van der Waals surface area contributed by atoms with Crippen LogP contribution in [-0.2, 0) is 6.42 Å². The summed E-state index contributed by atoms with van der Waals surface area (Å²) >= 11 is 7.97. The predicted molar refractivity (Wildman–Crippen MR) is 105 cm³/mol. The van der Waals surface area contributed by atoms with Gasteiger partial charge in [0, 0.05) is 22.3 Å². The van der Waals surface area contributed by atoms with Crippen molar-refractivity contribution < 1.29 is 9.53 Å². The number of aryl methyl sites for hydroxylation is 2. The molecule has 3 nitrogen and oxygen atoms in total. The minimum Gasteiger partial charge on any atom is -0.497 e. The van der Waals surface area contributed by atoms with Gasteiger partial charge in [0.2, 0.25) is 0 Å². The molecule has 1 aliphatic heterocycles. The molecule has 0 unspecified atom stereocenters. The Balaban J connectivity index is 1.77. The van der Waals surface area contributed by atoms with Gasteiger partial charge in [-0.3, -0.25) is 4.79 Å². The zero-order chi connectivity index (χ0) is 17.6. The maximum Gasteiger partial charge on any atom is 0.269 e. The van der Waals surface area contributed by atoms with Gasteiger partial charge in [-0.15, -0.1) is 11.3 Å². The van der Waals surface area contributed by atoms with Crippen LogP contribution in [0.15, 0.2) is 36.4 Å². The van der Waals surface area contributed by atoms with Crippen molar-refractivity contribution in [3.05, 3.63) is 57.4 Å². The van der Waals surface area contributed by atoms with Crippen molar-refractivity contribution >= 4 is 44.6 Å². The summed E-state index contributed by atoms with van der Waals surface area (Å²) in [6.45, 7) is 2.81. The van der Waals surface area contributed by atoms with Crippen LogP contribution in [0.3, 0.4) is 0 Å². The monoisotopic (exact) mass is 371 g/mol. The maximum absolute atomic E-state index is 13.2. The van der Waals surface area contributed by atoms with E-state index in [1.807, 2.05) is 29.2 Å². The topological polar surface area (TPSA) is 29.5 Å². The number of methoxy groups -OCH3 is 1. The van der Waals surface area contributed by atoms with E-state index < -0.39 is 0 Å². The second-order valence-corrected chi connectivity index (χ2v) is 7.73. The van der Waals surface area contributed by atoms with Crippen LogP contribution in [-0.4, -0.2) is 19.6 Å². The maximum atomic E-state index is 13.2. The Morgan fingerprint density at radius 3 is 2.88 bits per heavy atom. The summed E-state index contributed by atoms with van der Waals surface area (Å²) in [6, 6.07) is 12.0. The van der Waals surface area contributed by atoms with Crippen molar-refractivity contribution in [2.24, 2.45) is 0 Å². The number of benzene rings is 2. The molecule has 0 bridgehead atoms. The Labute approximate surface area is 155 Å². The van der Waals surface area contributed by atoms with E-state index in [2.05, 4.69) is 19.1 Å². The van der Waals surface area contributed by atoms with Gasteiger partial charge in [0.15, 0.2) is 0 Å². The summed E-state index contributed by atoms with van der Waals surface area (Å²) in [4.78, 5) is 15.7. The fourth-order valence-electron chi connectivity index (χ4n) is 3.37. The van der Waals surface area contributed by atoms with Crippen molar-refractivity contribution in [1.29, 1.82) is 0 Å². The summed E-state index contributed by atoms with van der Waals surface area (Å²) in [5, 5.41) is 1.43. The lowest BCUT2D eigenvalue weighted by molar-refractivity contribution is 0.0989. The van der Waals surface area contributed by atoms with Crippen molar-refractivity contribution in [1.82, 2.24) is 0 Å². The molecule has 128 valence electrons. The lowest BCUT2D eigenvalue weighted by Gasteiger charge is -2.29. The van der Waals surface area contributed by atoms with Crippen molar-refractivity contribution in [2.75, 3.05) is 18.6 Å². The van der Waals surface area contributed by atoms with E-state index in [0.29, 0.717) is 9.90 Å². The molecule has 1 aliphatic rings. The summed E-state index contributed by atoms with van der Waals surface area (Å²) < 4.78 is 6.24. The van der Waals surface area contributed by atoms with Gasteiger partial charge >= 0.3 is 0 Å². The van der Waals surface area contributed by atoms with Crippen LogP contribution in [0.5, 0.6) is 5.75 Å². The Kier molecular flexibility index (Phi) is 4.18. The molecule has 25 heavy (non-hydrogen) atoms. The van der Waals surface area contributed by atoms with E-state index in [4.69, 9.17) is 16.3 Å². The number of ether oxygens (including phenoxy) is 1. The molecule has 1 amide bonds. The molecule has 0 saturated heterocycles. The standard InChI is InChI=1S/C20H18ClNO2S/c1-12-5-8-16-13(10-12)4-3-9-22(16)20(23)19-18(21)15-7-6-14(24-2)11-17(15)25-19/h5-8,10-11H,3-4,9H2,1-2H3. The van der Waals surface area contributed by atoms with E-state index >= 15 is 0 Å². The van der Waals surface area contributed by atoms with Crippen LogP contribution in [0.25, 0.3) is 10.1 Å². The molecule has 4 rings (SSSR count). The third-order valence-electron chi connectivity index (χ3n) is 4.63. The van der Waals surface area contributed by atoms with Crippen molar-refractivity contribution in [3.8, 4) is 5.75 Å². The molecule has 0 spiro atoms. The number of carbonyl (C=O) groups excluding carboxylic acids is 1. The largest absolute Gasteiger partial charge is 0.497 e. The Hall–Kier alpha value is -2.04. The second-order valence-electron chi connectivity index (χ2n) is 6.30. The van der Waals surface area contributed by atoms with Crippen LogP contribution in [0.2, 0.25) is 5.02 Å². The third-order valence-corrected chi connectivity index (χ3v) is 6.27. The number of hydrogen-bond donors (Lipinski definition) is 0. The number of carbonyl (C=O) groups is 1. The number of fused-ring (bicyclic) bond motifs is 2. The molecule has 0 radical (unpaired) electrons. The Morgan fingerprint density at radius 2 is 2.08 bits per heavy atom. The van der Waals surface area contributed by atoms with E-state index in [9.17, 15) is 4.79 Å². The molecule has 0 saturated carbocycles.